The highest BCUT2D eigenvalue weighted by molar-refractivity contribution is 7.99. The second kappa shape index (κ2) is 8.77. The fourth-order valence-corrected chi connectivity index (χ4v) is 3.37. The van der Waals surface area contributed by atoms with E-state index in [0.29, 0.717) is 18.2 Å². The number of nitrogens with zero attached hydrogens (tertiary/aromatic N) is 4. The first-order valence-corrected chi connectivity index (χ1v) is 9.24. The highest BCUT2D eigenvalue weighted by Crippen LogP contribution is 2.21. The summed E-state index contributed by atoms with van der Waals surface area (Å²) in [6, 6.07) is 5.56. The minimum atomic E-state index is -0.319. The average Bonchev–Trinajstić information content (AvgIpc) is 2.66. The molecule has 132 valence electrons. The van der Waals surface area contributed by atoms with Gasteiger partial charge >= 0.3 is 0 Å². The summed E-state index contributed by atoms with van der Waals surface area (Å²) in [5.41, 5.74) is 0.950. The van der Waals surface area contributed by atoms with Gasteiger partial charge in [-0.05, 0) is 25.0 Å². The van der Waals surface area contributed by atoms with Crippen molar-refractivity contribution in [2.75, 3.05) is 23.7 Å². The molecular weight excluding hydrogens is 338 g/mol. The quantitative estimate of drug-likeness (QED) is 0.592. The van der Waals surface area contributed by atoms with Crippen LogP contribution in [-0.2, 0) is 11.3 Å². The Morgan fingerprint density at radius 1 is 1.28 bits per heavy atom. The van der Waals surface area contributed by atoms with Gasteiger partial charge in [0.25, 0.3) is 0 Å². The molecule has 3 rings (SSSR count). The Morgan fingerprint density at radius 2 is 2.08 bits per heavy atom. The molecule has 1 aliphatic heterocycles. The van der Waals surface area contributed by atoms with Crippen LogP contribution < -0.4 is 10.2 Å². The first-order chi connectivity index (χ1) is 12.2. The van der Waals surface area contributed by atoms with E-state index in [1.54, 1.807) is 24.7 Å². The Kier molecular flexibility index (Phi) is 6.19. The van der Waals surface area contributed by atoms with Crippen molar-refractivity contribution >= 4 is 23.5 Å². The van der Waals surface area contributed by atoms with E-state index in [1.165, 1.54) is 11.8 Å². The van der Waals surface area contributed by atoms with E-state index in [0.717, 1.165) is 30.8 Å². The Balaban J connectivity index is 1.55. The number of β-amino-alcohol motifs (C(OH)–C–C–N with tert-alkyl or cyclic N) is 1. The van der Waals surface area contributed by atoms with Gasteiger partial charge in [-0.3, -0.25) is 4.79 Å². The van der Waals surface area contributed by atoms with Crippen molar-refractivity contribution in [2.45, 2.75) is 30.6 Å². The van der Waals surface area contributed by atoms with E-state index in [2.05, 4.69) is 25.2 Å². The van der Waals surface area contributed by atoms with Crippen LogP contribution in [0.15, 0.2) is 41.9 Å². The predicted molar refractivity (Wildman–Crippen MR) is 96.3 cm³/mol. The summed E-state index contributed by atoms with van der Waals surface area (Å²) in [6.07, 6.45) is 6.50. The molecule has 1 saturated heterocycles. The van der Waals surface area contributed by atoms with Gasteiger partial charge in [0.15, 0.2) is 5.16 Å². The molecule has 1 fully saturated rings. The third kappa shape index (κ3) is 5.14. The van der Waals surface area contributed by atoms with Crippen LogP contribution in [0.4, 0.5) is 5.82 Å². The molecule has 8 heteroatoms. The highest BCUT2D eigenvalue weighted by Gasteiger charge is 2.21. The minimum absolute atomic E-state index is 0.0778. The molecular formula is C17H21N5O2S. The Hall–Kier alpha value is -2.19. The summed E-state index contributed by atoms with van der Waals surface area (Å²) in [5, 5.41) is 13.4. The van der Waals surface area contributed by atoms with E-state index >= 15 is 0 Å². The van der Waals surface area contributed by atoms with Crippen LogP contribution in [0.1, 0.15) is 18.4 Å². The number of thioether (sulfide) groups is 1. The number of aliphatic hydroxyl groups is 1. The number of carbonyl (C=O) groups excluding carboxylic acids is 1. The smallest absolute Gasteiger partial charge is 0.230 e. The van der Waals surface area contributed by atoms with Crippen molar-refractivity contribution in [2.24, 2.45) is 0 Å². The molecule has 0 aliphatic carbocycles. The number of hydrogen-bond acceptors (Lipinski definition) is 7. The lowest BCUT2D eigenvalue weighted by atomic mass is 10.1. The zero-order valence-corrected chi connectivity index (χ0v) is 14.7. The molecule has 3 heterocycles. The highest BCUT2D eigenvalue weighted by atomic mass is 32.2. The lowest BCUT2D eigenvalue weighted by Crippen LogP contribution is -2.39. The van der Waals surface area contributed by atoms with Crippen LogP contribution in [0, 0.1) is 0 Å². The summed E-state index contributed by atoms with van der Waals surface area (Å²) in [7, 11) is 0. The first kappa shape index (κ1) is 17.6. The molecule has 2 aromatic rings. The molecule has 2 N–H and O–H groups in total. The molecule has 0 spiro atoms. The molecule has 0 radical (unpaired) electrons. The standard InChI is InChI=1S/C17H21N5O2S/c23-14-5-2-9-22(11-14)16-13(4-1-6-18-16)10-21-15(24)12-25-17-19-7-3-8-20-17/h1,3-4,6-8,14,23H,2,5,9-12H2,(H,21,24). The summed E-state index contributed by atoms with van der Waals surface area (Å²) in [4.78, 5) is 26.8. The van der Waals surface area contributed by atoms with E-state index in [-0.39, 0.29) is 17.8 Å². The predicted octanol–water partition coefficient (Wildman–Crippen LogP) is 1.24. The molecule has 0 saturated carbocycles. The van der Waals surface area contributed by atoms with Crippen molar-refractivity contribution < 1.29 is 9.90 Å². The number of carbonyl (C=O) groups is 1. The normalized spacial score (nSPS) is 17.3. The number of rotatable bonds is 6. The summed E-state index contributed by atoms with van der Waals surface area (Å²) in [6.45, 7) is 1.86. The number of hydrogen-bond donors (Lipinski definition) is 2. The van der Waals surface area contributed by atoms with Crippen LogP contribution in [-0.4, -0.2) is 50.9 Å². The monoisotopic (exact) mass is 359 g/mol. The van der Waals surface area contributed by atoms with Gasteiger partial charge in [-0.15, -0.1) is 0 Å². The van der Waals surface area contributed by atoms with Gasteiger partial charge in [0, 0.05) is 43.8 Å². The van der Waals surface area contributed by atoms with Crippen molar-refractivity contribution in [3.05, 3.63) is 42.4 Å². The van der Waals surface area contributed by atoms with Gasteiger partial charge in [-0.2, -0.15) is 0 Å². The summed E-state index contributed by atoms with van der Waals surface area (Å²) in [5.74, 6) is 1.02. The average molecular weight is 359 g/mol. The molecule has 0 aromatic carbocycles. The zero-order valence-electron chi connectivity index (χ0n) is 13.8. The van der Waals surface area contributed by atoms with E-state index < -0.39 is 0 Å². The van der Waals surface area contributed by atoms with Gasteiger partial charge in [0.05, 0.1) is 11.9 Å². The lowest BCUT2D eigenvalue weighted by Gasteiger charge is -2.32. The van der Waals surface area contributed by atoms with Crippen molar-refractivity contribution in [3.63, 3.8) is 0 Å². The molecule has 1 atom stereocenters. The van der Waals surface area contributed by atoms with E-state index in [9.17, 15) is 9.90 Å². The number of anilines is 1. The lowest BCUT2D eigenvalue weighted by molar-refractivity contribution is -0.118. The first-order valence-electron chi connectivity index (χ1n) is 8.26. The van der Waals surface area contributed by atoms with Crippen LogP contribution in [0.3, 0.4) is 0 Å². The van der Waals surface area contributed by atoms with E-state index in [4.69, 9.17) is 0 Å². The van der Waals surface area contributed by atoms with Gasteiger partial charge in [0.1, 0.15) is 5.82 Å². The third-order valence-corrected chi connectivity index (χ3v) is 4.79. The number of amides is 1. The van der Waals surface area contributed by atoms with Gasteiger partial charge in [-0.25, -0.2) is 15.0 Å². The molecule has 1 unspecified atom stereocenters. The largest absolute Gasteiger partial charge is 0.391 e. The molecule has 7 nitrogen and oxygen atoms in total. The molecule has 1 aliphatic rings. The van der Waals surface area contributed by atoms with Gasteiger partial charge in [0.2, 0.25) is 5.91 Å². The zero-order chi connectivity index (χ0) is 17.5. The number of nitrogens with one attached hydrogen (secondary N) is 1. The van der Waals surface area contributed by atoms with Crippen molar-refractivity contribution in [1.29, 1.82) is 0 Å². The summed E-state index contributed by atoms with van der Waals surface area (Å²) >= 11 is 1.30. The van der Waals surface area contributed by atoms with Gasteiger partial charge < -0.3 is 15.3 Å². The Bertz CT molecular complexity index is 700. The fourth-order valence-electron chi connectivity index (χ4n) is 2.73. The number of pyridine rings is 1. The Morgan fingerprint density at radius 3 is 2.88 bits per heavy atom. The molecule has 0 bridgehead atoms. The minimum Gasteiger partial charge on any atom is -0.391 e. The fraction of sp³-hybridized carbons (Fsp3) is 0.412. The second-order valence-corrected chi connectivity index (χ2v) is 6.77. The maximum atomic E-state index is 12.1. The molecule has 25 heavy (non-hydrogen) atoms. The van der Waals surface area contributed by atoms with Crippen LogP contribution in [0.25, 0.3) is 0 Å². The third-order valence-electron chi connectivity index (χ3n) is 3.91. The van der Waals surface area contributed by atoms with E-state index in [1.807, 2.05) is 12.1 Å². The topological polar surface area (TPSA) is 91.2 Å². The number of aromatic nitrogens is 3. The number of piperidine rings is 1. The maximum Gasteiger partial charge on any atom is 0.230 e. The van der Waals surface area contributed by atoms with Crippen LogP contribution in [0.2, 0.25) is 0 Å². The van der Waals surface area contributed by atoms with Crippen molar-refractivity contribution in [3.8, 4) is 0 Å². The van der Waals surface area contributed by atoms with Crippen LogP contribution >= 0.6 is 11.8 Å². The SMILES string of the molecule is O=C(CSc1ncccn1)NCc1cccnc1N1CCCC(O)C1. The van der Waals surface area contributed by atoms with Crippen LogP contribution in [0.5, 0.6) is 0 Å². The number of aliphatic hydroxyl groups excluding tert-OH is 1. The second-order valence-electron chi connectivity index (χ2n) is 5.82. The summed E-state index contributed by atoms with van der Waals surface area (Å²) < 4.78 is 0. The Labute approximate surface area is 150 Å². The van der Waals surface area contributed by atoms with Crippen molar-refractivity contribution in [1.82, 2.24) is 20.3 Å². The maximum absolute atomic E-state index is 12.1. The van der Waals surface area contributed by atoms with Gasteiger partial charge in [-0.1, -0.05) is 17.8 Å². The molecule has 1 amide bonds. The molecule has 2 aromatic heterocycles.